The molecule has 0 spiro atoms. The first-order chi connectivity index (χ1) is 16.2. The predicted octanol–water partition coefficient (Wildman–Crippen LogP) is 1.43. The molecular weight excluding hydrogens is 471 g/mol. The summed E-state index contributed by atoms with van der Waals surface area (Å²) in [5.74, 6) is -1.90. The van der Waals surface area contributed by atoms with E-state index >= 15 is 0 Å². The predicted molar refractivity (Wildman–Crippen MR) is 117 cm³/mol. The molecule has 6 N–H and O–H groups in total. The Hall–Kier alpha value is -3.61. The van der Waals surface area contributed by atoms with Crippen molar-refractivity contribution in [2.24, 2.45) is 10.7 Å². The van der Waals surface area contributed by atoms with Crippen LogP contribution in [0.4, 0.5) is 4.39 Å². The van der Waals surface area contributed by atoms with Crippen LogP contribution in [0.3, 0.4) is 0 Å². The Morgan fingerprint density at radius 1 is 1.18 bits per heavy atom. The maximum atomic E-state index is 13.0. The average molecular weight is 495 g/mol. The Kier molecular flexibility index (Phi) is 9.86. The van der Waals surface area contributed by atoms with Crippen molar-refractivity contribution in [3.63, 3.8) is 0 Å². The molecule has 0 unspecified atom stereocenters. The summed E-state index contributed by atoms with van der Waals surface area (Å²) in [4.78, 5) is 15.5. The highest BCUT2D eigenvalue weighted by atomic mass is 32.2. The van der Waals surface area contributed by atoms with Gasteiger partial charge in [-0.1, -0.05) is 6.42 Å². The van der Waals surface area contributed by atoms with Gasteiger partial charge in [-0.15, -0.1) is 4.99 Å². The molecule has 2 rings (SSSR count). The second kappa shape index (κ2) is 12.6. The molecule has 0 aliphatic carbocycles. The third-order valence-corrected chi connectivity index (χ3v) is 5.88. The summed E-state index contributed by atoms with van der Waals surface area (Å²) in [5, 5.41) is 27.3. The molecule has 1 atom stereocenters. The van der Waals surface area contributed by atoms with Gasteiger partial charge in [0, 0.05) is 0 Å². The molecule has 1 amide bonds. The fourth-order valence-corrected chi connectivity index (χ4v) is 3.95. The van der Waals surface area contributed by atoms with Gasteiger partial charge in [0.05, 0.1) is 4.90 Å². The van der Waals surface area contributed by atoms with Crippen LogP contribution < -0.4 is 20.7 Å². The molecule has 34 heavy (non-hydrogen) atoms. The third kappa shape index (κ3) is 7.47. The standard InChI is InChI=1S/C20H23FN6O6S/c21-14-4-6-15(7-5-14)33-16-8-10-17(11-9-16)34(31,32)26-18(3-1-2-12-22)19(28)27(30)20(25-29)24-13-23/h4-11,18,26,29-30H,1-3,12,22H2,(H,24,25)/t18-/m1/s1. The number of nitrogens with two attached hydrogens (primary N) is 1. The Morgan fingerprint density at radius 2 is 1.76 bits per heavy atom. The molecule has 0 heterocycles. The number of hydroxylamine groups is 3. The summed E-state index contributed by atoms with van der Waals surface area (Å²) in [6.07, 6.45) is 2.05. The van der Waals surface area contributed by atoms with E-state index in [2.05, 4.69) is 9.71 Å². The number of guanidine groups is 1. The number of sulfonamides is 1. The van der Waals surface area contributed by atoms with Crippen LogP contribution in [0, 0.1) is 17.3 Å². The van der Waals surface area contributed by atoms with Crippen LogP contribution in [-0.2, 0) is 14.8 Å². The molecule has 12 nitrogen and oxygen atoms in total. The fourth-order valence-electron chi connectivity index (χ4n) is 2.73. The van der Waals surface area contributed by atoms with Crippen molar-refractivity contribution in [1.82, 2.24) is 15.3 Å². The van der Waals surface area contributed by atoms with Crippen LogP contribution in [0.2, 0.25) is 0 Å². The highest BCUT2D eigenvalue weighted by Crippen LogP contribution is 2.23. The minimum atomic E-state index is -4.25. The zero-order valence-corrected chi connectivity index (χ0v) is 18.6. The Morgan fingerprint density at radius 3 is 2.29 bits per heavy atom. The Balaban J connectivity index is 2.20. The van der Waals surface area contributed by atoms with E-state index in [0.717, 1.165) is 0 Å². The van der Waals surface area contributed by atoms with Crippen molar-refractivity contribution in [2.45, 2.75) is 30.2 Å². The lowest BCUT2D eigenvalue weighted by Gasteiger charge is -2.22. The maximum Gasteiger partial charge on any atom is 0.271 e. The SMILES string of the molecule is N#C/N=C(\NO)N(O)C(=O)[C@@H](CCCCN)NS(=O)(=O)c1ccc(Oc2ccc(F)cc2)cc1. The van der Waals surface area contributed by atoms with E-state index in [-0.39, 0.29) is 22.1 Å². The van der Waals surface area contributed by atoms with Gasteiger partial charge >= 0.3 is 0 Å². The molecule has 0 fully saturated rings. The first-order valence-corrected chi connectivity index (χ1v) is 11.4. The number of hydrogen-bond acceptors (Lipinski definition) is 9. The molecule has 0 aliphatic heterocycles. The van der Waals surface area contributed by atoms with Gasteiger partial charge in [-0.05, 0) is 67.9 Å². The molecule has 0 saturated carbocycles. The van der Waals surface area contributed by atoms with Crippen LogP contribution in [0.25, 0.3) is 0 Å². The number of amides is 1. The molecular formula is C20H23FN6O6S. The number of aliphatic imine (C=N–C) groups is 1. The van der Waals surface area contributed by atoms with Gasteiger partial charge in [-0.2, -0.15) is 15.0 Å². The highest BCUT2D eigenvalue weighted by Gasteiger charge is 2.31. The van der Waals surface area contributed by atoms with E-state index < -0.39 is 33.7 Å². The topological polar surface area (TPSA) is 190 Å². The van der Waals surface area contributed by atoms with Gasteiger partial charge in [0.25, 0.3) is 11.9 Å². The minimum absolute atomic E-state index is 0.0383. The fraction of sp³-hybridized carbons (Fsp3) is 0.250. The Bertz CT molecular complexity index is 1140. The summed E-state index contributed by atoms with van der Waals surface area (Å²) < 4.78 is 46.4. The molecule has 0 radical (unpaired) electrons. The van der Waals surface area contributed by atoms with Gasteiger partial charge in [-0.25, -0.2) is 18.3 Å². The first kappa shape index (κ1) is 26.6. The van der Waals surface area contributed by atoms with E-state index in [0.29, 0.717) is 25.1 Å². The average Bonchev–Trinajstić information content (AvgIpc) is 2.83. The summed E-state index contributed by atoms with van der Waals surface area (Å²) in [5.41, 5.74) is 6.82. The first-order valence-electron chi connectivity index (χ1n) is 9.87. The summed E-state index contributed by atoms with van der Waals surface area (Å²) in [6, 6.07) is 8.98. The molecule has 182 valence electrons. The van der Waals surface area contributed by atoms with Crippen LogP contribution in [0.5, 0.6) is 11.5 Å². The number of unbranched alkanes of at least 4 members (excludes halogenated alkanes) is 1. The van der Waals surface area contributed by atoms with Gasteiger partial charge in [0.15, 0.2) is 0 Å². The molecule has 2 aromatic rings. The number of hydrogen-bond donors (Lipinski definition) is 5. The second-order valence-electron chi connectivity index (χ2n) is 6.78. The normalized spacial score (nSPS) is 12.5. The van der Waals surface area contributed by atoms with Crippen LogP contribution >= 0.6 is 0 Å². The smallest absolute Gasteiger partial charge is 0.271 e. The number of halogens is 1. The summed E-state index contributed by atoms with van der Waals surface area (Å²) >= 11 is 0. The van der Waals surface area contributed by atoms with Crippen LogP contribution in [0.1, 0.15) is 19.3 Å². The second-order valence-corrected chi connectivity index (χ2v) is 8.50. The van der Waals surface area contributed by atoms with Crippen LogP contribution in [-0.4, -0.2) is 48.3 Å². The van der Waals surface area contributed by atoms with Crippen molar-refractivity contribution in [2.75, 3.05) is 6.54 Å². The van der Waals surface area contributed by atoms with Crippen molar-refractivity contribution < 1.29 is 32.8 Å². The van der Waals surface area contributed by atoms with E-state index in [1.807, 2.05) is 0 Å². The van der Waals surface area contributed by atoms with Crippen molar-refractivity contribution >= 4 is 21.9 Å². The zero-order valence-electron chi connectivity index (χ0n) is 17.8. The highest BCUT2D eigenvalue weighted by molar-refractivity contribution is 7.89. The zero-order chi connectivity index (χ0) is 25.1. The molecule has 14 heteroatoms. The molecule has 0 saturated heterocycles. The summed E-state index contributed by atoms with van der Waals surface area (Å²) in [6.45, 7) is 0.297. The monoisotopic (exact) mass is 494 g/mol. The van der Waals surface area contributed by atoms with Crippen molar-refractivity contribution in [3.8, 4) is 17.7 Å². The molecule has 2 aromatic carbocycles. The largest absolute Gasteiger partial charge is 0.457 e. The van der Waals surface area contributed by atoms with Crippen LogP contribution in [0.15, 0.2) is 58.4 Å². The van der Waals surface area contributed by atoms with E-state index in [1.54, 1.807) is 0 Å². The van der Waals surface area contributed by atoms with Gasteiger partial charge in [0.1, 0.15) is 23.4 Å². The number of rotatable bonds is 10. The van der Waals surface area contributed by atoms with Crippen molar-refractivity contribution in [3.05, 3.63) is 54.3 Å². The maximum absolute atomic E-state index is 13.0. The van der Waals surface area contributed by atoms with Gasteiger partial charge in [0.2, 0.25) is 16.2 Å². The van der Waals surface area contributed by atoms with E-state index in [9.17, 15) is 22.8 Å². The number of nitrogens with one attached hydrogen (secondary N) is 2. The molecule has 0 bridgehead atoms. The molecule has 0 aromatic heterocycles. The quantitative estimate of drug-likeness (QED) is 0.0812. The number of ether oxygens (including phenoxy) is 1. The summed E-state index contributed by atoms with van der Waals surface area (Å²) in [7, 11) is -4.25. The van der Waals surface area contributed by atoms with E-state index in [1.165, 1.54) is 60.2 Å². The number of nitriles is 1. The third-order valence-electron chi connectivity index (χ3n) is 4.39. The van der Waals surface area contributed by atoms with Crippen molar-refractivity contribution in [1.29, 1.82) is 5.26 Å². The number of carbonyl (C=O) groups is 1. The number of benzene rings is 2. The van der Waals surface area contributed by atoms with E-state index in [4.69, 9.17) is 20.9 Å². The lowest BCUT2D eigenvalue weighted by Crippen LogP contribution is -2.51. The molecule has 0 aliphatic rings. The minimum Gasteiger partial charge on any atom is -0.457 e. The lowest BCUT2D eigenvalue weighted by atomic mass is 10.1. The Labute approximate surface area is 195 Å². The van der Waals surface area contributed by atoms with Gasteiger partial charge < -0.3 is 10.5 Å². The number of carbonyl (C=O) groups excluding carboxylic acids is 1. The number of nitrogens with zero attached hydrogens (tertiary/aromatic N) is 3. The lowest BCUT2D eigenvalue weighted by molar-refractivity contribution is -0.152. The van der Waals surface area contributed by atoms with Gasteiger partial charge in [-0.3, -0.25) is 15.2 Å².